The Bertz CT molecular complexity index is 578. The van der Waals surface area contributed by atoms with Crippen LogP contribution in [0.1, 0.15) is 23.7 Å². The minimum atomic E-state index is -0.0907. The molecule has 0 spiro atoms. The maximum absolute atomic E-state index is 9.13. The SMILES string of the molecule is O/N=C1/CC(c2ccccc2)Oc2ccccc21. The highest BCUT2D eigenvalue weighted by atomic mass is 16.5. The monoisotopic (exact) mass is 239 g/mol. The summed E-state index contributed by atoms with van der Waals surface area (Å²) in [6.07, 6.45) is 0.490. The lowest BCUT2D eigenvalue weighted by atomic mass is 9.96. The molecule has 0 bridgehead atoms. The van der Waals surface area contributed by atoms with Crippen molar-refractivity contribution in [2.24, 2.45) is 5.16 Å². The predicted octanol–water partition coefficient (Wildman–Crippen LogP) is 3.39. The number of nitrogens with zero attached hydrogens (tertiary/aromatic N) is 1. The molecule has 1 aliphatic rings. The molecule has 0 radical (unpaired) electrons. The van der Waals surface area contributed by atoms with E-state index in [-0.39, 0.29) is 6.10 Å². The molecule has 1 heterocycles. The molecule has 1 unspecified atom stereocenters. The molecule has 2 aromatic carbocycles. The molecule has 2 aromatic rings. The van der Waals surface area contributed by atoms with Crippen molar-refractivity contribution in [2.75, 3.05) is 0 Å². The van der Waals surface area contributed by atoms with E-state index in [4.69, 9.17) is 9.94 Å². The van der Waals surface area contributed by atoms with Gasteiger partial charge >= 0.3 is 0 Å². The molecular formula is C15H13NO2. The normalized spacial score (nSPS) is 20.2. The van der Waals surface area contributed by atoms with Crippen LogP contribution in [0.25, 0.3) is 0 Å². The quantitative estimate of drug-likeness (QED) is 0.612. The largest absolute Gasteiger partial charge is 0.485 e. The van der Waals surface area contributed by atoms with Crippen LogP contribution in [-0.4, -0.2) is 10.9 Å². The standard InChI is InChI=1S/C15H13NO2/c17-16-13-10-15(11-6-2-1-3-7-11)18-14-9-5-4-8-12(13)14/h1-9,15,17H,10H2/b16-13-. The number of hydrogen-bond donors (Lipinski definition) is 1. The first-order valence-corrected chi connectivity index (χ1v) is 5.90. The number of rotatable bonds is 1. The second-order valence-corrected chi connectivity index (χ2v) is 4.26. The van der Waals surface area contributed by atoms with Crippen LogP contribution in [0, 0.1) is 0 Å². The van der Waals surface area contributed by atoms with Crippen molar-refractivity contribution in [3.05, 3.63) is 65.7 Å². The van der Waals surface area contributed by atoms with Gasteiger partial charge in [0.15, 0.2) is 0 Å². The van der Waals surface area contributed by atoms with E-state index in [1.165, 1.54) is 0 Å². The lowest BCUT2D eigenvalue weighted by Crippen LogP contribution is -2.20. The van der Waals surface area contributed by atoms with Crippen LogP contribution in [0.5, 0.6) is 5.75 Å². The lowest BCUT2D eigenvalue weighted by molar-refractivity contribution is 0.203. The Kier molecular flexibility index (Phi) is 2.73. The molecule has 0 amide bonds. The molecule has 18 heavy (non-hydrogen) atoms. The van der Waals surface area contributed by atoms with E-state index in [1.54, 1.807) is 0 Å². The van der Waals surface area contributed by atoms with E-state index in [9.17, 15) is 0 Å². The summed E-state index contributed by atoms with van der Waals surface area (Å²) in [5, 5.41) is 12.5. The van der Waals surface area contributed by atoms with E-state index in [2.05, 4.69) is 5.16 Å². The van der Waals surface area contributed by atoms with Crippen molar-refractivity contribution in [1.82, 2.24) is 0 Å². The van der Waals surface area contributed by atoms with Gasteiger partial charge < -0.3 is 9.94 Å². The molecule has 3 heteroatoms. The van der Waals surface area contributed by atoms with Crippen molar-refractivity contribution in [3.8, 4) is 5.75 Å². The predicted molar refractivity (Wildman–Crippen MR) is 69.2 cm³/mol. The number of ether oxygens (including phenoxy) is 1. The van der Waals surface area contributed by atoms with Crippen molar-refractivity contribution < 1.29 is 9.94 Å². The minimum Gasteiger partial charge on any atom is -0.485 e. The summed E-state index contributed by atoms with van der Waals surface area (Å²) >= 11 is 0. The summed E-state index contributed by atoms with van der Waals surface area (Å²) in [4.78, 5) is 0. The molecule has 1 N–H and O–H groups in total. The Morgan fingerprint density at radius 1 is 1.00 bits per heavy atom. The summed E-state index contributed by atoms with van der Waals surface area (Å²) in [6.45, 7) is 0. The van der Waals surface area contributed by atoms with Gasteiger partial charge in [-0.2, -0.15) is 0 Å². The van der Waals surface area contributed by atoms with Crippen LogP contribution in [0.3, 0.4) is 0 Å². The Morgan fingerprint density at radius 3 is 2.50 bits per heavy atom. The fourth-order valence-corrected chi connectivity index (χ4v) is 2.24. The second kappa shape index (κ2) is 4.53. The number of oxime groups is 1. The molecule has 3 nitrogen and oxygen atoms in total. The Morgan fingerprint density at radius 2 is 1.72 bits per heavy atom. The van der Waals surface area contributed by atoms with E-state index in [1.807, 2.05) is 54.6 Å². The lowest BCUT2D eigenvalue weighted by Gasteiger charge is -2.26. The van der Waals surface area contributed by atoms with E-state index >= 15 is 0 Å². The van der Waals surface area contributed by atoms with E-state index in [0.29, 0.717) is 12.1 Å². The first-order chi connectivity index (χ1) is 8.88. The molecule has 1 atom stereocenters. The zero-order valence-corrected chi connectivity index (χ0v) is 9.78. The van der Waals surface area contributed by atoms with Crippen LogP contribution < -0.4 is 4.74 Å². The maximum Gasteiger partial charge on any atom is 0.129 e. The number of fused-ring (bicyclic) bond motifs is 1. The van der Waals surface area contributed by atoms with Gasteiger partial charge in [0.25, 0.3) is 0 Å². The van der Waals surface area contributed by atoms with Crippen molar-refractivity contribution >= 4 is 5.71 Å². The first-order valence-electron chi connectivity index (χ1n) is 5.90. The third-order valence-electron chi connectivity index (χ3n) is 3.14. The summed E-state index contributed by atoms with van der Waals surface area (Å²) in [7, 11) is 0. The van der Waals surface area contributed by atoms with Gasteiger partial charge in [0, 0.05) is 12.0 Å². The average molecular weight is 239 g/mol. The molecule has 0 saturated heterocycles. The Labute approximate surface area is 105 Å². The van der Waals surface area contributed by atoms with Crippen molar-refractivity contribution in [2.45, 2.75) is 12.5 Å². The number of para-hydroxylation sites is 1. The summed E-state index contributed by atoms with van der Waals surface area (Å²) in [5.74, 6) is 0.769. The molecule has 0 aromatic heterocycles. The summed E-state index contributed by atoms with van der Waals surface area (Å²) in [6, 6.07) is 17.6. The third kappa shape index (κ3) is 1.84. The zero-order chi connectivity index (χ0) is 12.4. The molecule has 1 aliphatic heterocycles. The molecule has 3 rings (SSSR count). The smallest absolute Gasteiger partial charge is 0.129 e. The Balaban J connectivity index is 2.00. The van der Waals surface area contributed by atoms with Gasteiger partial charge in [-0.1, -0.05) is 47.6 Å². The summed E-state index contributed by atoms with van der Waals surface area (Å²) in [5.41, 5.74) is 2.63. The highest BCUT2D eigenvalue weighted by Gasteiger charge is 2.26. The van der Waals surface area contributed by atoms with Gasteiger partial charge in [0.1, 0.15) is 11.9 Å². The minimum absolute atomic E-state index is 0.0907. The van der Waals surface area contributed by atoms with Gasteiger partial charge in [-0.05, 0) is 17.7 Å². The van der Waals surface area contributed by atoms with E-state index < -0.39 is 0 Å². The van der Waals surface area contributed by atoms with Crippen LogP contribution in [0.15, 0.2) is 59.8 Å². The fourth-order valence-electron chi connectivity index (χ4n) is 2.24. The second-order valence-electron chi connectivity index (χ2n) is 4.26. The molecule has 0 aliphatic carbocycles. The van der Waals surface area contributed by atoms with Crippen LogP contribution in [0.4, 0.5) is 0 Å². The molecule has 0 saturated carbocycles. The molecular weight excluding hydrogens is 226 g/mol. The highest BCUT2D eigenvalue weighted by molar-refractivity contribution is 6.03. The van der Waals surface area contributed by atoms with Gasteiger partial charge in [0.2, 0.25) is 0 Å². The van der Waals surface area contributed by atoms with Crippen LogP contribution >= 0.6 is 0 Å². The van der Waals surface area contributed by atoms with Gasteiger partial charge in [-0.3, -0.25) is 0 Å². The van der Waals surface area contributed by atoms with Crippen LogP contribution in [-0.2, 0) is 0 Å². The maximum atomic E-state index is 9.13. The van der Waals surface area contributed by atoms with Gasteiger partial charge in [-0.25, -0.2) is 0 Å². The fraction of sp³-hybridized carbons (Fsp3) is 0.133. The van der Waals surface area contributed by atoms with Gasteiger partial charge in [-0.15, -0.1) is 0 Å². The Hall–Kier alpha value is -2.29. The number of hydrogen-bond acceptors (Lipinski definition) is 3. The van der Waals surface area contributed by atoms with Crippen LogP contribution in [0.2, 0.25) is 0 Å². The third-order valence-corrected chi connectivity index (χ3v) is 3.14. The number of benzene rings is 2. The van der Waals surface area contributed by atoms with Crippen molar-refractivity contribution in [1.29, 1.82) is 0 Å². The van der Waals surface area contributed by atoms with Gasteiger partial charge in [0.05, 0.1) is 5.71 Å². The zero-order valence-electron chi connectivity index (χ0n) is 9.78. The average Bonchev–Trinajstić information content (AvgIpc) is 2.47. The summed E-state index contributed by atoms with van der Waals surface area (Å²) < 4.78 is 5.96. The highest BCUT2D eigenvalue weighted by Crippen LogP contribution is 2.34. The van der Waals surface area contributed by atoms with Crippen molar-refractivity contribution in [3.63, 3.8) is 0 Å². The molecule has 90 valence electrons. The first kappa shape index (κ1) is 10.8. The molecule has 0 fully saturated rings. The van der Waals surface area contributed by atoms with E-state index in [0.717, 1.165) is 16.9 Å². The topological polar surface area (TPSA) is 41.8 Å².